The monoisotopic (exact) mass is 473 g/mol. The summed E-state index contributed by atoms with van der Waals surface area (Å²) < 4.78 is 43.8. The average Bonchev–Trinajstić information content (AvgIpc) is 3.17. The van der Waals surface area contributed by atoms with Gasteiger partial charge in [0.25, 0.3) is 5.91 Å². The third kappa shape index (κ3) is 4.63. The zero-order chi connectivity index (χ0) is 23.8. The molecule has 0 spiro atoms. The van der Waals surface area contributed by atoms with Crippen LogP contribution in [0.5, 0.6) is 5.75 Å². The maximum absolute atomic E-state index is 12.9. The van der Waals surface area contributed by atoms with Crippen LogP contribution in [0.15, 0.2) is 30.7 Å². The van der Waals surface area contributed by atoms with Crippen LogP contribution in [0.1, 0.15) is 52.4 Å². The van der Waals surface area contributed by atoms with E-state index in [9.17, 15) is 23.2 Å². The van der Waals surface area contributed by atoms with Crippen molar-refractivity contribution < 1.29 is 22.7 Å². The van der Waals surface area contributed by atoms with E-state index in [2.05, 4.69) is 31.2 Å². The van der Waals surface area contributed by atoms with Gasteiger partial charge in [-0.3, -0.25) is 4.79 Å². The molecule has 4 rings (SSSR count). The second-order valence-electron chi connectivity index (χ2n) is 7.33. The number of amides is 1. The number of halogens is 3. The van der Waals surface area contributed by atoms with Crippen molar-refractivity contribution in [3.63, 3.8) is 0 Å². The van der Waals surface area contributed by atoms with Gasteiger partial charge in [0.05, 0.1) is 23.7 Å². The summed E-state index contributed by atoms with van der Waals surface area (Å²) in [5.74, 6) is -0.952. The number of ether oxygens (including phenoxy) is 1. The molecule has 1 saturated carbocycles. The molecule has 1 fully saturated rings. The number of hydrogen-bond acceptors (Lipinski definition) is 8. The molecule has 168 valence electrons. The van der Waals surface area contributed by atoms with E-state index in [1.165, 1.54) is 23.3 Å². The molecule has 0 radical (unpaired) electrons. The molecule has 1 amide bonds. The van der Waals surface area contributed by atoms with E-state index in [1.807, 2.05) is 6.07 Å². The minimum atomic E-state index is -4.95. The standard InChI is InChI=1S/C20H14F3N7O2S/c1-11(16-27-10-28-30(16)18-26-8-15(7-24)33-18)29-17(31)12-4-13(19(9-25)2-3-19)6-14(5-12)32-20(21,22)23/h4-6,8,10-11H,2-3H2,1H3,(H,29,31)/t11-/m0/s1. The summed E-state index contributed by atoms with van der Waals surface area (Å²) >= 11 is 1.08. The van der Waals surface area contributed by atoms with E-state index in [1.54, 1.807) is 6.92 Å². The number of benzene rings is 1. The second-order valence-corrected chi connectivity index (χ2v) is 8.34. The number of alkyl halides is 3. The van der Waals surface area contributed by atoms with Gasteiger partial charge in [-0.25, -0.2) is 9.97 Å². The highest BCUT2D eigenvalue weighted by atomic mass is 32.1. The topological polar surface area (TPSA) is 130 Å². The molecule has 2 heterocycles. The smallest absolute Gasteiger partial charge is 0.406 e. The number of hydrogen-bond donors (Lipinski definition) is 1. The van der Waals surface area contributed by atoms with Gasteiger partial charge in [-0.05, 0) is 43.5 Å². The van der Waals surface area contributed by atoms with Gasteiger partial charge in [-0.2, -0.15) is 20.3 Å². The highest BCUT2D eigenvalue weighted by Gasteiger charge is 2.46. The summed E-state index contributed by atoms with van der Waals surface area (Å²) in [5.41, 5.74) is -0.721. The van der Waals surface area contributed by atoms with E-state index >= 15 is 0 Å². The number of nitrogens with zero attached hydrogens (tertiary/aromatic N) is 6. The first kappa shape index (κ1) is 22.2. The minimum Gasteiger partial charge on any atom is -0.406 e. The van der Waals surface area contributed by atoms with Gasteiger partial charge >= 0.3 is 6.36 Å². The average molecular weight is 473 g/mol. The molecule has 0 aliphatic heterocycles. The maximum Gasteiger partial charge on any atom is 0.573 e. The first-order chi connectivity index (χ1) is 15.6. The summed E-state index contributed by atoms with van der Waals surface area (Å²) in [6, 6.07) is 6.86. The molecular weight excluding hydrogens is 459 g/mol. The molecule has 0 saturated heterocycles. The highest BCUT2D eigenvalue weighted by molar-refractivity contribution is 7.14. The number of rotatable bonds is 6. The first-order valence-electron chi connectivity index (χ1n) is 9.54. The summed E-state index contributed by atoms with van der Waals surface area (Å²) in [6.07, 6.45) is -1.35. The fraction of sp³-hybridized carbons (Fsp3) is 0.300. The van der Waals surface area contributed by atoms with Crippen molar-refractivity contribution in [2.24, 2.45) is 0 Å². The highest BCUT2D eigenvalue weighted by Crippen LogP contribution is 2.48. The van der Waals surface area contributed by atoms with Crippen molar-refractivity contribution in [2.75, 3.05) is 0 Å². The molecular formula is C20H14F3N7O2S. The molecule has 1 aliphatic rings. The zero-order valence-corrected chi connectivity index (χ0v) is 17.7. The number of thiazole rings is 1. The molecule has 0 unspecified atom stereocenters. The Morgan fingerprint density at radius 1 is 1.30 bits per heavy atom. The van der Waals surface area contributed by atoms with Gasteiger partial charge in [0, 0.05) is 5.56 Å². The molecule has 13 heteroatoms. The first-order valence-corrected chi connectivity index (χ1v) is 10.4. The van der Waals surface area contributed by atoms with Crippen molar-refractivity contribution in [3.8, 4) is 23.0 Å². The Labute approximate surface area is 189 Å². The third-order valence-electron chi connectivity index (χ3n) is 5.01. The van der Waals surface area contributed by atoms with Gasteiger partial charge in [0.1, 0.15) is 23.0 Å². The number of nitrogens with one attached hydrogen (secondary N) is 1. The third-order valence-corrected chi connectivity index (χ3v) is 5.89. The van der Waals surface area contributed by atoms with Gasteiger partial charge in [0.15, 0.2) is 5.82 Å². The van der Waals surface area contributed by atoms with E-state index in [-0.39, 0.29) is 5.56 Å². The van der Waals surface area contributed by atoms with Crippen molar-refractivity contribution in [1.82, 2.24) is 25.1 Å². The quantitative estimate of drug-likeness (QED) is 0.580. The normalized spacial score (nSPS) is 15.2. The van der Waals surface area contributed by atoms with Crippen LogP contribution in [-0.2, 0) is 5.41 Å². The molecule has 1 atom stereocenters. The summed E-state index contributed by atoms with van der Waals surface area (Å²) in [7, 11) is 0. The number of carbonyl (C=O) groups is 1. The fourth-order valence-corrected chi connectivity index (χ4v) is 3.92. The van der Waals surface area contributed by atoms with Gasteiger partial charge in [0.2, 0.25) is 5.13 Å². The van der Waals surface area contributed by atoms with E-state index in [0.717, 1.165) is 23.5 Å². The van der Waals surface area contributed by atoms with Crippen molar-refractivity contribution in [3.05, 3.63) is 52.6 Å². The lowest BCUT2D eigenvalue weighted by molar-refractivity contribution is -0.274. The van der Waals surface area contributed by atoms with Gasteiger partial charge < -0.3 is 10.1 Å². The Balaban J connectivity index is 1.61. The lowest BCUT2D eigenvalue weighted by atomic mass is 9.95. The summed E-state index contributed by atoms with van der Waals surface area (Å²) in [4.78, 5) is 21.5. The van der Waals surface area contributed by atoms with Gasteiger partial charge in [-0.1, -0.05) is 11.3 Å². The van der Waals surface area contributed by atoms with E-state index in [0.29, 0.717) is 34.2 Å². The molecule has 1 N–H and O–H groups in total. The predicted molar refractivity (Wildman–Crippen MR) is 107 cm³/mol. The Morgan fingerprint density at radius 3 is 2.67 bits per heavy atom. The van der Waals surface area contributed by atoms with Crippen LogP contribution in [-0.4, -0.2) is 32.0 Å². The van der Waals surface area contributed by atoms with E-state index < -0.39 is 29.5 Å². The van der Waals surface area contributed by atoms with Crippen LogP contribution in [0.25, 0.3) is 5.13 Å². The van der Waals surface area contributed by atoms with Crippen LogP contribution in [0.3, 0.4) is 0 Å². The molecule has 33 heavy (non-hydrogen) atoms. The molecule has 1 aliphatic carbocycles. The summed E-state index contributed by atoms with van der Waals surface area (Å²) in [5, 5.41) is 25.5. The number of nitriles is 2. The Bertz CT molecular complexity index is 1300. The number of carbonyl (C=O) groups excluding carboxylic acids is 1. The molecule has 1 aromatic carbocycles. The summed E-state index contributed by atoms with van der Waals surface area (Å²) in [6.45, 7) is 1.62. The van der Waals surface area contributed by atoms with Crippen molar-refractivity contribution in [2.45, 2.75) is 37.6 Å². The van der Waals surface area contributed by atoms with Crippen LogP contribution in [0, 0.1) is 22.7 Å². The molecule has 9 nitrogen and oxygen atoms in total. The van der Waals surface area contributed by atoms with Gasteiger partial charge in [-0.15, -0.1) is 13.2 Å². The second kappa shape index (κ2) is 8.18. The fourth-order valence-electron chi connectivity index (χ4n) is 3.24. The largest absolute Gasteiger partial charge is 0.573 e. The Hall–Kier alpha value is -3.97. The van der Waals surface area contributed by atoms with Crippen LogP contribution >= 0.6 is 11.3 Å². The van der Waals surface area contributed by atoms with Crippen LogP contribution in [0.4, 0.5) is 13.2 Å². The molecule has 0 bridgehead atoms. The number of aromatic nitrogens is 4. The van der Waals surface area contributed by atoms with Crippen molar-refractivity contribution in [1.29, 1.82) is 10.5 Å². The Morgan fingerprint density at radius 2 is 2.06 bits per heavy atom. The predicted octanol–water partition coefficient (Wildman–Crippen LogP) is 3.54. The lowest BCUT2D eigenvalue weighted by Crippen LogP contribution is -2.29. The van der Waals surface area contributed by atoms with Crippen molar-refractivity contribution >= 4 is 17.2 Å². The van der Waals surface area contributed by atoms with Crippen LogP contribution in [0.2, 0.25) is 0 Å². The minimum absolute atomic E-state index is 0.0906. The molecule has 2 aromatic heterocycles. The van der Waals surface area contributed by atoms with Crippen LogP contribution < -0.4 is 10.1 Å². The Kier molecular flexibility index (Phi) is 5.51. The van der Waals surface area contributed by atoms with E-state index in [4.69, 9.17) is 5.26 Å². The molecule has 3 aromatic rings. The zero-order valence-electron chi connectivity index (χ0n) is 16.9. The maximum atomic E-state index is 12.9. The lowest BCUT2D eigenvalue weighted by Gasteiger charge is -2.17. The SMILES string of the molecule is C[C@H](NC(=O)c1cc(OC(F)(F)F)cc(C2(C#N)CC2)c1)c1ncnn1-c1ncc(C#N)s1.